The maximum atomic E-state index is 12.5. The van der Waals surface area contributed by atoms with Crippen molar-refractivity contribution in [3.05, 3.63) is 53.9 Å². The molecule has 134 valence electrons. The lowest BCUT2D eigenvalue weighted by Crippen LogP contribution is -2.32. The molecule has 0 bridgehead atoms. The van der Waals surface area contributed by atoms with Gasteiger partial charge in [0.2, 0.25) is 10.0 Å². The van der Waals surface area contributed by atoms with Crippen LogP contribution in [0.25, 0.3) is 11.1 Å². The van der Waals surface area contributed by atoms with Gasteiger partial charge in [-0.25, -0.2) is 18.1 Å². The number of hydrogen-bond donors (Lipinski definition) is 2. The van der Waals surface area contributed by atoms with Crippen LogP contribution in [0.2, 0.25) is 0 Å². The van der Waals surface area contributed by atoms with Crippen LogP contribution in [0.5, 0.6) is 0 Å². The van der Waals surface area contributed by atoms with E-state index in [1.807, 2.05) is 37.3 Å². The summed E-state index contributed by atoms with van der Waals surface area (Å²) >= 11 is 0. The van der Waals surface area contributed by atoms with E-state index in [9.17, 15) is 8.42 Å². The number of aromatic nitrogens is 2. The van der Waals surface area contributed by atoms with Crippen LogP contribution in [0.4, 0.5) is 0 Å². The second kappa shape index (κ2) is 7.92. The lowest BCUT2D eigenvalue weighted by atomic mass is 10.1. The van der Waals surface area contributed by atoms with E-state index < -0.39 is 16.1 Å². The summed E-state index contributed by atoms with van der Waals surface area (Å²) < 4.78 is 32.5. The molecule has 0 saturated heterocycles. The van der Waals surface area contributed by atoms with E-state index in [4.69, 9.17) is 10.3 Å². The van der Waals surface area contributed by atoms with Crippen molar-refractivity contribution < 1.29 is 12.9 Å². The van der Waals surface area contributed by atoms with Gasteiger partial charge in [-0.05, 0) is 18.1 Å². The quantitative estimate of drug-likeness (QED) is 0.675. The number of fused-ring (bicyclic) bond motifs is 1. The molecule has 3 aromatic rings. The van der Waals surface area contributed by atoms with Crippen LogP contribution in [0.1, 0.15) is 24.2 Å². The van der Waals surface area contributed by atoms with E-state index in [-0.39, 0.29) is 23.8 Å². The van der Waals surface area contributed by atoms with E-state index in [0.717, 1.165) is 5.56 Å². The summed E-state index contributed by atoms with van der Waals surface area (Å²) in [6.07, 6.45) is 1.88. The summed E-state index contributed by atoms with van der Waals surface area (Å²) in [5, 5.41) is 4.48. The molecule has 0 amide bonds. The molecule has 0 radical (unpaired) electrons. The van der Waals surface area contributed by atoms with Gasteiger partial charge in [-0.3, -0.25) is 0 Å². The van der Waals surface area contributed by atoms with Crippen LogP contribution in [-0.2, 0) is 16.4 Å². The van der Waals surface area contributed by atoms with Crippen LogP contribution in [0.3, 0.4) is 0 Å². The number of nitrogens with zero attached hydrogens (tertiary/aromatic N) is 2. The number of nitrogens with two attached hydrogens (primary N) is 1. The van der Waals surface area contributed by atoms with E-state index in [0.29, 0.717) is 23.2 Å². The lowest BCUT2D eigenvalue weighted by Gasteiger charge is -2.13. The Hall–Kier alpha value is -2.00. The van der Waals surface area contributed by atoms with E-state index in [1.54, 1.807) is 0 Å². The predicted octanol–water partition coefficient (Wildman–Crippen LogP) is 2.19. The molecule has 0 saturated carbocycles. The molecule has 1 unspecified atom stereocenters. The summed E-state index contributed by atoms with van der Waals surface area (Å²) in [5.41, 5.74) is 7.90. The molecule has 3 N–H and O–H groups in total. The Labute approximate surface area is 152 Å². The van der Waals surface area contributed by atoms with Crippen molar-refractivity contribution in [2.45, 2.75) is 24.3 Å². The second-order valence-corrected chi connectivity index (χ2v) is 7.14. The van der Waals surface area contributed by atoms with Gasteiger partial charge in [0.25, 0.3) is 5.71 Å². The predicted molar refractivity (Wildman–Crippen MR) is 97.0 cm³/mol. The van der Waals surface area contributed by atoms with Gasteiger partial charge >= 0.3 is 0 Å². The number of benzene rings is 1. The minimum atomic E-state index is -3.72. The van der Waals surface area contributed by atoms with Crippen LogP contribution in [0.15, 0.2) is 52.0 Å². The minimum absolute atomic E-state index is 0. The fourth-order valence-corrected chi connectivity index (χ4v) is 3.39. The fraction of sp³-hybridized carbons (Fsp3) is 0.250. The zero-order valence-corrected chi connectivity index (χ0v) is 15.2. The first-order valence-corrected chi connectivity index (χ1v) is 9.04. The summed E-state index contributed by atoms with van der Waals surface area (Å²) in [5.74, 6) is 0. The van der Waals surface area contributed by atoms with E-state index in [2.05, 4.69) is 14.9 Å². The molecule has 0 fully saturated rings. The molecule has 2 aromatic heterocycles. The summed E-state index contributed by atoms with van der Waals surface area (Å²) in [6, 6.07) is 10.4. The molecule has 0 spiro atoms. The number of pyridine rings is 1. The molecule has 3 rings (SSSR count). The first-order valence-electron chi connectivity index (χ1n) is 7.55. The Balaban J connectivity index is 0.00000225. The molecule has 25 heavy (non-hydrogen) atoms. The maximum Gasteiger partial charge on any atom is 0.258 e. The van der Waals surface area contributed by atoms with Gasteiger partial charge in [0.15, 0.2) is 0 Å². The molecule has 0 aliphatic heterocycles. The SMILES string of the molecule is CCc1noc2ncc(S(=O)(=O)NCC(N)c3ccccc3)cc12.Cl. The normalized spacial score (nSPS) is 12.7. The van der Waals surface area contributed by atoms with Crippen molar-refractivity contribution in [3.8, 4) is 0 Å². The van der Waals surface area contributed by atoms with Crippen molar-refractivity contribution in [1.29, 1.82) is 0 Å². The monoisotopic (exact) mass is 382 g/mol. The van der Waals surface area contributed by atoms with Crippen LogP contribution >= 0.6 is 12.4 Å². The molecule has 9 heteroatoms. The third-order valence-electron chi connectivity index (χ3n) is 3.75. The Morgan fingerprint density at radius 3 is 2.68 bits per heavy atom. The number of nitrogens with one attached hydrogen (secondary N) is 1. The lowest BCUT2D eigenvalue weighted by molar-refractivity contribution is 0.439. The van der Waals surface area contributed by atoms with Gasteiger partial charge in [0.05, 0.1) is 17.3 Å². The van der Waals surface area contributed by atoms with Crippen LogP contribution < -0.4 is 10.5 Å². The molecule has 7 nitrogen and oxygen atoms in total. The Bertz CT molecular complexity index is 944. The number of sulfonamides is 1. The first-order chi connectivity index (χ1) is 11.5. The fourth-order valence-electron chi connectivity index (χ4n) is 2.36. The highest BCUT2D eigenvalue weighted by Crippen LogP contribution is 2.20. The van der Waals surface area contributed by atoms with Crippen molar-refractivity contribution in [2.24, 2.45) is 5.73 Å². The third kappa shape index (κ3) is 4.16. The van der Waals surface area contributed by atoms with Crippen molar-refractivity contribution in [2.75, 3.05) is 6.54 Å². The summed E-state index contributed by atoms with van der Waals surface area (Å²) in [6.45, 7) is 2.00. The van der Waals surface area contributed by atoms with Crippen LogP contribution in [0, 0.1) is 0 Å². The summed E-state index contributed by atoms with van der Waals surface area (Å²) in [4.78, 5) is 4.08. The molecule has 1 atom stereocenters. The number of aryl methyl sites for hydroxylation is 1. The van der Waals surface area contributed by atoms with Crippen molar-refractivity contribution in [3.63, 3.8) is 0 Å². The Morgan fingerprint density at radius 2 is 2.00 bits per heavy atom. The first kappa shape index (κ1) is 19.3. The number of rotatable bonds is 6. The smallest absolute Gasteiger partial charge is 0.258 e. The van der Waals surface area contributed by atoms with Gasteiger partial charge in [0.1, 0.15) is 4.90 Å². The molecule has 0 aliphatic rings. The average molecular weight is 383 g/mol. The highest BCUT2D eigenvalue weighted by molar-refractivity contribution is 7.89. The highest BCUT2D eigenvalue weighted by Gasteiger charge is 2.19. The van der Waals surface area contributed by atoms with Gasteiger partial charge < -0.3 is 10.3 Å². The highest BCUT2D eigenvalue weighted by atomic mass is 35.5. The Kier molecular flexibility index (Phi) is 6.12. The zero-order chi connectivity index (χ0) is 17.2. The van der Waals surface area contributed by atoms with Crippen molar-refractivity contribution >= 4 is 33.5 Å². The maximum absolute atomic E-state index is 12.5. The van der Waals surface area contributed by atoms with Gasteiger partial charge in [-0.15, -0.1) is 12.4 Å². The molecule has 2 heterocycles. The van der Waals surface area contributed by atoms with Gasteiger partial charge in [-0.2, -0.15) is 0 Å². The van der Waals surface area contributed by atoms with Crippen molar-refractivity contribution in [1.82, 2.24) is 14.9 Å². The zero-order valence-electron chi connectivity index (χ0n) is 13.5. The molecule has 1 aromatic carbocycles. The molecular formula is C16H19ClN4O3S. The largest absolute Gasteiger partial charge is 0.336 e. The van der Waals surface area contributed by atoms with E-state index in [1.165, 1.54) is 12.3 Å². The third-order valence-corrected chi connectivity index (χ3v) is 5.14. The second-order valence-electron chi connectivity index (χ2n) is 5.38. The standard InChI is InChI=1S/C16H18N4O3S.ClH/c1-2-15-13-8-12(9-18-16(13)23-20-15)24(21,22)19-10-14(17)11-6-4-3-5-7-11;/h3-9,14,19H,2,10,17H2,1H3;1H. The van der Waals surface area contributed by atoms with Crippen LogP contribution in [-0.4, -0.2) is 25.1 Å². The van der Waals surface area contributed by atoms with E-state index >= 15 is 0 Å². The number of halogens is 1. The minimum Gasteiger partial charge on any atom is -0.336 e. The van der Waals surface area contributed by atoms with Gasteiger partial charge in [-0.1, -0.05) is 42.4 Å². The average Bonchev–Trinajstić information content (AvgIpc) is 3.02. The summed E-state index contributed by atoms with van der Waals surface area (Å²) in [7, 11) is -3.72. The molecule has 0 aliphatic carbocycles. The Morgan fingerprint density at radius 1 is 1.28 bits per heavy atom. The molecular weight excluding hydrogens is 364 g/mol. The van der Waals surface area contributed by atoms with Gasteiger partial charge in [0, 0.05) is 12.6 Å². The number of hydrogen-bond acceptors (Lipinski definition) is 6. The topological polar surface area (TPSA) is 111 Å².